The number of hydrogen-bond acceptors (Lipinski definition) is 8. The molecule has 0 atom stereocenters. The highest BCUT2D eigenvalue weighted by Crippen LogP contribution is 2.28. The van der Waals surface area contributed by atoms with E-state index < -0.39 is 17.5 Å². The van der Waals surface area contributed by atoms with Crippen LogP contribution in [-0.2, 0) is 4.74 Å². The smallest absolute Gasteiger partial charge is 0.338 e. The molecular formula is C23H19NO8. The van der Waals surface area contributed by atoms with Crippen LogP contribution >= 0.6 is 0 Å². The SMILES string of the molecule is COc1ccc(C(=O)OCC(=O)c2ccc(Oc3ccc([N+](=O)[O-])cc3)cc2)cc1OC. The lowest BCUT2D eigenvalue weighted by molar-refractivity contribution is -0.384. The highest BCUT2D eigenvalue weighted by Gasteiger charge is 2.15. The van der Waals surface area contributed by atoms with Crippen LogP contribution in [0.2, 0.25) is 0 Å². The molecule has 0 spiro atoms. The van der Waals surface area contributed by atoms with Crippen LogP contribution in [0.4, 0.5) is 5.69 Å². The molecule has 9 nitrogen and oxygen atoms in total. The molecule has 0 unspecified atom stereocenters. The molecule has 0 bridgehead atoms. The molecular weight excluding hydrogens is 418 g/mol. The molecule has 0 N–H and O–H groups in total. The Morgan fingerprint density at radius 1 is 0.812 bits per heavy atom. The van der Waals surface area contributed by atoms with Crippen molar-refractivity contribution in [2.45, 2.75) is 0 Å². The van der Waals surface area contributed by atoms with E-state index >= 15 is 0 Å². The van der Waals surface area contributed by atoms with Gasteiger partial charge in [-0.3, -0.25) is 14.9 Å². The summed E-state index contributed by atoms with van der Waals surface area (Å²) in [5, 5.41) is 10.7. The van der Waals surface area contributed by atoms with Crippen LogP contribution in [0.1, 0.15) is 20.7 Å². The number of nitro groups is 1. The number of rotatable bonds is 9. The quantitative estimate of drug-likeness (QED) is 0.209. The van der Waals surface area contributed by atoms with Gasteiger partial charge >= 0.3 is 5.97 Å². The van der Waals surface area contributed by atoms with Crippen molar-refractivity contribution in [3.05, 3.63) is 88.0 Å². The van der Waals surface area contributed by atoms with Crippen LogP contribution in [0.25, 0.3) is 0 Å². The number of benzene rings is 3. The molecule has 3 aromatic carbocycles. The van der Waals surface area contributed by atoms with E-state index in [2.05, 4.69) is 0 Å². The second-order valence-corrected chi connectivity index (χ2v) is 6.45. The Balaban J connectivity index is 1.57. The number of carbonyl (C=O) groups excluding carboxylic acids is 2. The molecule has 0 radical (unpaired) electrons. The highest BCUT2D eigenvalue weighted by molar-refractivity contribution is 5.99. The van der Waals surface area contributed by atoms with Gasteiger partial charge in [-0.1, -0.05) is 0 Å². The molecule has 0 fully saturated rings. The number of nitrogens with zero attached hydrogens (tertiary/aromatic N) is 1. The van der Waals surface area contributed by atoms with Crippen LogP contribution in [0.5, 0.6) is 23.0 Å². The Bertz CT molecular complexity index is 1120. The Kier molecular flexibility index (Phi) is 7.02. The van der Waals surface area contributed by atoms with Gasteiger partial charge in [-0.15, -0.1) is 0 Å². The molecule has 164 valence electrons. The van der Waals surface area contributed by atoms with Gasteiger partial charge in [0.05, 0.1) is 24.7 Å². The summed E-state index contributed by atoms with van der Waals surface area (Å²) in [6.07, 6.45) is 0. The van der Waals surface area contributed by atoms with Gasteiger partial charge in [0, 0.05) is 17.7 Å². The summed E-state index contributed by atoms with van der Waals surface area (Å²) >= 11 is 0. The van der Waals surface area contributed by atoms with Gasteiger partial charge in [-0.25, -0.2) is 4.79 Å². The van der Waals surface area contributed by atoms with Crippen LogP contribution in [0, 0.1) is 10.1 Å². The van der Waals surface area contributed by atoms with Crippen molar-refractivity contribution in [3.63, 3.8) is 0 Å². The zero-order valence-corrected chi connectivity index (χ0v) is 17.3. The average molecular weight is 437 g/mol. The predicted octanol–water partition coefficient (Wildman–Crippen LogP) is 4.44. The van der Waals surface area contributed by atoms with Gasteiger partial charge in [-0.05, 0) is 54.6 Å². The maximum absolute atomic E-state index is 12.3. The minimum Gasteiger partial charge on any atom is -0.493 e. The van der Waals surface area contributed by atoms with Crippen molar-refractivity contribution in [2.75, 3.05) is 20.8 Å². The second kappa shape index (κ2) is 10.1. The average Bonchev–Trinajstić information content (AvgIpc) is 2.82. The molecule has 9 heteroatoms. The lowest BCUT2D eigenvalue weighted by atomic mass is 10.1. The molecule has 0 aliphatic rings. The molecule has 0 aliphatic carbocycles. The van der Waals surface area contributed by atoms with Crippen molar-refractivity contribution in [3.8, 4) is 23.0 Å². The van der Waals surface area contributed by atoms with Gasteiger partial charge < -0.3 is 18.9 Å². The number of ether oxygens (including phenoxy) is 4. The molecule has 0 saturated heterocycles. The summed E-state index contributed by atoms with van der Waals surface area (Å²) in [5.41, 5.74) is 0.518. The predicted molar refractivity (Wildman–Crippen MR) is 114 cm³/mol. The number of esters is 1. The zero-order chi connectivity index (χ0) is 23.1. The van der Waals surface area contributed by atoms with Crippen molar-refractivity contribution in [2.24, 2.45) is 0 Å². The summed E-state index contributed by atoms with van der Waals surface area (Å²) in [7, 11) is 2.93. The van der Waals surface area contributed by atoms with E-state index in [9.17, 15) is 19.7 Å². The standard InChI is InChI=1S/C23H19NO8/c1-29-21-12-5-16(13-22(21)30-2)23(26)31-14-20(25)15-3-8-18(9-4-15)32-19-10-6-17(7-11-19)24(27)28/h3-13H,14H2,1-2H3. The first-order valence-electron chi connectivity index (χ1n) is 9.36. The maximum Gasteiger partial charge on any atom is 0.338 e. The first kappa shape index (κ1) is 22.3. The molecule has 0 amide bonds. The van der Waals surface area contributed by atoms with Crippen molar-refractivity contribution in [1.29, 1.82) is 0 Å². The summed E-state index contributed by atoms with van der Waals surface area (Å²) in [6, 6.07) is 16.4. The first-order valence-corrected chi connectivity index (χ1v) is 9.36. The van der Waals surface area contributed by atoms with Gasteiger partial charge in [0.15, 0.2) is 23.9 Å². The molecule has 3 aromatic rings. The fraction of sp³-hybridized carbons (Fsp3) is 0.130. The summed E-state index contributed by atoms with van der Waals surface area (Å²) in [4.78, 5) is 34.8. The van der Waals surface area contributed by atoms with E-state index in [-0.39, 0.29) is 17.0 Å². The maximum atomic E-state index is 12.3. The van der Waals surface area contributed by atoms with Gasteiger partial charge in [-0.2, -0.15) is 0 Å². The highest BCUT2D eigenvalue weighted by atomic mass is 16.6. The van der Waals surface area contributed by atoms with Gasteiger partial charge in [0.25, 0.3) is 5.69 Å². The summed E-state index contributed by atoms with van der Waals surface area (Å²) in [5.74, 6) is 0.641. The molecule has 0 saturated carbocycles. The third-order valence-corrected chi connectivity index (χ3v) is 4.41. The van der Waals surface area contributed by atoms with E-state index in [1.165, 1.54) is 62.8 Å². The van der Waals surface area contributed by atoms with Crippen LogP contribution in [-0.4, -0.2) is 37.5 Å². The topological polar surface area (TPSA) is 114 Å². The lowest BCUT2D eigenvalue weighted by Gasteiger charge is -2.10. The third kappa shape index (κ3) is 5.39. The second-order valence-electron chi connectivity index (χ2n) is 6.45. The Morgan fingerprint density at radius 3 is 1.94 bits per heavy atom. The van der Waals surface area contributed by atoms with Gasteiger partial charge in [0.2, 0.25) is 0 Å². The van der Waals surface area contributed by atoms with Gasteiger partial charge in [0.1, 0.15) is 11.5 Å². The molecule has 32 heavy (non-hydrogen) atoms. The number of hydrogen-bond donors (Lipinski definition) is 0. The largest absolute Gasteiger partial charge is 0.493 e. The molecule has 3 rings (SSSR count). The monoisotopic (exact) mass is 437 g/mol. The fourth-order valence-electron chi connectivity index (χ4n) is 2.74. The Morgan fingerprint density at radius 2 is 1.38 bits per heavy atom. The summed E-state index contributed by atoms with van der Waals surface area (Å²) in [6.45, 7) is -0.435. The van der Waals surface area contributed by atoms with E-state index in [1.807, 2.05) is 0 Å². The number of carbonyl (C=O) groups is 2. The van der Waals surface area contributed by atoms with Crippen LogP contribution < -0.4 is 14.2 Å². The molecule has 0 heterocycles. The zero-order valence-electron chi connectivity index (χ0n) is 17.3. The Labute approximate surface area is 183 Å². The van der Waals surface area contributed by atoms with Crippen molar-refractivity contribution < 1.29 is 33.5 Å². The first-order chi connectivity index (χ1) is 15.4. The van der Waals surface area contributed by atoms with E-state index in [0.717, 1.165) is 0 Å². The number of Topliss-reactive ketones (excluding diaryl/α,β-unsaturated/α-hetero) is 1. The van der Waals surface area contributed by atoms with E-state index in [4.69, 9.17) is 18.9 Å². The molecule has 0 aromatic heterocycles. The minimum absolute atomic E-state index is 0.0408. The van der Waals surface area contributed by atoms with Crippen molar-refractivity contribution >= 4 is 17.4 Å². The normalized spacial score (nSPS) is 10.2. The number of methoxy groups -OCH3 is 2. The number of non-ortho nitro benzene ring substituents is 1. The number of ketones is 1. The van der Waals surface area contributed by atoms with E-state index in [1.54, 1.807) is 18.2 Å². The fourth-order valence-corrected chi connectivity index (χ4v) is 2.74. The Hall–Kier alpha value is -4.40. The number of nitro benzene ring substituents is 1. The van der Waals surface area contributed by atoms with Crippen LogP contribution in [0.15, 0.2) is 66.7 Å². The minimum atomic E-state index is -0.669. The molecule has 0 aliphatic heterocycles. The summed E-state index contributed by atoms with van der Waals surface area (Å²) < 4.78 is 21.0. The lowest BCUT2D eigenvalue weighted by Crippen LogP contribution is -2.14. The van der Waals surface area contributed by atoms with Crippen LogP contribution in [0.3, 0.4) is 0 Å². The van der Waals surface area contributed by atoms with E-state index in [0.29, 0.717) is 28.6 Å². The van der Waals surface area contributed by atoms with Crippen molar-refractivity contribution in [1.82, 2.24) is 0 Å². The third-order valence-electron chi connectivity index (χ3n) is 4.41.